The number of primary sulfonamides is 1. The Morgan fingerprint density at radius 2 is 1.95 bits per heavy atom. The average molecular weight is 319 g/mol. The molecule has 0 bridgehead atoms. The van der Waals surface area contributed by atoms with Crippen molar-refractivity contribution in [2.24, 2.45) is 5.14 Å². The molecule has 8 heteroatoms. The summed E-state index contributed by atoms with van der Waals surface area (Å²) in [6.45, 7) is 3.46. The van der Waals surface area contributed by atoms with Crippen LogP contribution < -0.4 is 9.88 Å². The van der Waals surface area contributed by atoms with E-state index in [1.807, 2.05) is 0 Å². The van der Waals surface area contributed by atoms with Crippen LogP contribution in [0.25, 0.3) is 0 Å². The second kappa shape index (κ2) is 5.01. The van der Waals surface area contributed by atoms with E-state index >= 15 is 0 Å². The fourth-order valence-corrected chi connectivity index (χ4v) is 4.71. The first-order valence-corrected chi connectivity index (χ1v) is 9.46. The Morgan fingerprint density at radius 1 is 1.30 bits per heavy atom. The molecule has 0 spiro atoms. The largest absolute Gasteiger partial charge is 0.488 e. The summed E-state index contributed by atoms with van der Waals surface area (Å²) in [5.41, 5.74) is 1.37. The standard InChI is InChI=1S/C12H17NO5S2/c1-8-5-9(2)12(11(6-8)20(13,16)17)18-10-3-4-19(14,15)7-10/h5-6,10H,3-4,7H2,1-2H3,(H2,13,16,17). The SMILES string of the molecule is Cc1cc(C)c(OC2CCS(=O)(=O)C2)c(S(N)(=O)=O)c1. The molecular formula is C12H17NO5S2. The predicted molar refractivity (Wildman–Crippen MR) is 75.0 cm³/mol. The van der Waals surface area contributed by atoms with Gasteiger partial charge in [0, 0.05) is 0 Å². The number of hydrogen-bond acceptors (Lipinski definition) is 5. The molecule has 1 fully saturated rings. The molecule has 0 aliphatic carbocycles. The van der Waals surface area contributed by atoms with Crippen molar-refractivity contribution >= 4 is 19.9 Å². The fourth-order valence-electron chi connectivity index (χ4n) is 2.30. The van der Waals surface area contributed by atoms with Gasteiger partial charge in [0.15, 0.2) is 9.84 Å². The monoisotopic (exact) mass is 319 g/mol. The minimum absolute atomic E-state index is 0.0628. The first-order valence-electron chi connectivity index (χ1n) is 6.09. The van der Waals surface area contributed by atoms with Crippen LogP contribution in [0.3, 0.4) is 0 Å². The van der Waals surface area contributed by atoms with Crippen LogP contribution in [0, 0.1) is 13.8 Å². The van der Waals surface area contributed by atoms with E-state index in [-0.39, 0.29) is 22.2 Å². The van der Waals surface area contributed by atoms with Gasteiger partial charge < -0.3 is 4.74 Å². The summed E-state index contributed by atoms with van der Waals surface area (Å²) < 4.78 is 51.8. The maximum atomic E-state index is 11.6. The van der Waals surface area contributed by atoms with Crippen LogP contribution in [-0.2, 0) is 19.9 Å². The van der Waals surface area contributed by atoms with Gasteiger partial charge >= 0.3 is 0 Å². The van der Waals surface area contributed by atoms with E-state index in [4.69, 9.17) is 9.88 Å². The van der Waals surface area contributed by atoms with Crippen molar-refractivity contribution in [2.75, 3.05) is 11.5 Å². The maximum Gasteiger partial charge on any atom is 0.241 e. The third-order valence-electron chi connectivity index (χ3n) is 3.17. The van der Waals surface area contributed by atoms with Gasteiger partial charge in [0.2, 0.25) is 10.0 Å². The van der Waals surface area contributed by atoms with Crippen LogP contribution in [0.15, 0.2) is 17.0 Å². The number of hydrogen-bond donors (Lipinski definition) is 1. The number of sulfonamides is 1. The lowest BCUT2D eigenvalue weighted by Crippen LogP contribution is -2.21. The molecule has 0 amide bonds. The summed E-state index contributed by atoms with van der Waals surface area (Å²) in [5, 5.41) is 5.20. The van der Waals surface area contributed by atoms with Crippen molar-refractivity contribution in [1.29, 1.82) is 0 Å². The highest BCUT2D eigenvalue weighted by Gasteiger charge is 2.31. The summed E-state index contributed by atoms with van der Waals surface area (Å²) in [7, 11) is -7.01. The van der Waals surface area contributed by atoms with Crippen LogP contribution in [0.2, 0.25) is 0 Å². The predicted octanol–water partition coefficient (Wildman–Crippen LogP) is 0.517. The van der Waals surface area contributed by atoms with E-state index in [2.05, 4.69) is 0 Å². The second-order valence-corrected chi connectivity index (χ2v) is 8.86. The van der Waals surface area contributed by atoms with Crippen LogP contribution in [0.5, 0.6) is 5.75 Å². The number of ether oxygens (including phenoxy) is 1. The molecule has 1 unspecified atom stereocenters. The molecule has 1 aliphatic heterocycles. The summed E-state index contributed by atoms with van der Waals surface area (Å²) >= 11 is 0. The molecule has 1 saturated heterocycles. The van der Waals surface area contributed by atoms with E-state index in [9.17, 15) is 16.8 Å². The Bertz CT molecular complexity index is 737. The van der Waals surface area contributed by atoms with Crippen molar-refractivity contribution in [3.8, 4) is 5.75 Å². The summed E-state index contributed by atoms with van der Waals surface area (Å²) in [5.74, 6) is 0.123. The second-order valence-electron chi connectivity index (χ2n) is 5.10. The molecule has 1 aromatic rings. The Kier molecular flexibility index (Phi) is 3.83. The van der Waals surface area contributed by atoms with Gasteiger partial charge in [0.25, 0.3) is 0 Å². The van der Waals surface area contributed by atoms with Crippen LogP contribution >= 0.6 is 0 Å². The quantitative estimate of drug-likeness (QED) is 0.874. The molecule has 1 heterocycles. The molecule has 2 N–H and O–H groups in total. The Labute approximate surface area is 118 Å². The zero-order valence-corrected chi connectivity index (χ0v) is 12.9. The van der Waals surface area contributed by atoms with Crippen molar-refractivity contribution < 1.29 is 21.6 Å². The molecule has 0 radical (unpaired) electrons. The lowest BCUT2D eigenvalue weighted by molar-refractivity contribution is 0.221. The molecule has 0 saturated carbocycles. The lowest BCUT2D eigenvalue weighted by Gasteiger charge is -2.17. The molecule has 20 heavy (non-hydrogen) atoms. The highest BCUT2D eigenvalue weighted by Crippen LogP contribution is 2.31. The Hall–Kier alpha value is -1.12. The highest BCUT2D eigenvalue weighted by molar-refractivity contribution is 7.91. The fraction of sp³-hybridized carbons (Fsp3) is 0.500. The van der Waals surface area contributed by atoms with Crippen LogP contribution in [-0.4, -0.2) is 34.4 Å². The number of sulfone groups is 1. The number of rotatable bonds is 3. The van der Waals surface area contributed by atoms with Crippen LogP contribution in [0.1, 0.15) is 17.5 Å². The summed E-state index contributed by atoms with van der Waals surface area (Å²) in [6, 6.07) is 3.20. The van der Waals surface area contributed by atoms with Gasteiger partial charge in [0.1, 0.15) is 16.7 Å². The van der Waals surface area contributed by atoms with Gasteiger partial charge in [-0.15, -0.1) is 0 Å². The van der Waals surface area contributed by atoms with Gasteiger partial charge in [-0.3, -0.25) is 0 Å². The maximum absolute atomic E-state index is 11.6. The van der Waals surface area contributed by atoms with E-state index in [1.54, 1.807) is 19.9 Å². The minimum Gasteiger partial charge on any atom is -0.488 e. The topological polar surface area (TPSA) is 104 Å². The van der Waals surface area contributed by atoms with Gasteiger partial charge in [-0.1, -0.05) is 6.07 Å². The summed E-state index contributed by atoms with van der Waals surface area (Å²) in [4.78, 5) is -0.0979. The van der Waals surface area contributed by atoms with Crippen LogP contribution in [0.4, 0.5) is 0 Å². The Morgan fingerprint density at radius 3 is 2.45 bits per heavy atom. The van der Waals surface area contributed by atoms with Crippen molar-refractivity contribution in [3.63, 3.8) is 0 Å². The number of benzene rings is 1. The molecule has 0 aromatic heterocycles. The normalized spacial score (nSPS) is 21.9. The minimum atomic E-state index is -3.92. The average Bonchev–Trinajstić information content (AvgIpc) is 2.60. The molecule has 1 atom stereocenters. The zero-order chi connectivity index (χ0) is 15.1. The van der Waals surface area contributed by atoms with Gasteiger partial charge in [-0.2, -0.15) is 0 Å². The third kappa shape index (κ3) is 3.31. The third-order valence-corrected chi connectivity index (χ3v) is 5.82. The highest BCUT2D eigenvalue weighted by atomic mass is 32.2. The van der Waals surface area contributed by atoms with Crippen molar-refractivity contribution in [2.45, 2.75) is 31.3 Å². The summed E-state index contributed by atoms with van der Waals surface area (Å²) in [6.07, 6.45) is -0.165. The van der Waals surface area contributed by atoms with Gasteiger partial charge in [-0.25, -0.2) is 22.0 Å². The smallest absolute Gasteiger partial charge is 0.241 e. The van der Waals surface area contributed by atoms with E-state index in [0.29, 0.717) is 12.0 Å². The molecule has 6 nitrogen and oxygen atoms in total. The lowest BCUT2D eigenvalue weighted by atomic mass is 10.1. The first-order chi connectivity index (χ1) is 9.08. The molecular weight excluding hydrogens is 302 g/mol. The number of nitrogens with two attached hydrogens (primary N) is 1. The van der Waals surface area contributed by atoms with E-state index in [0.717, 1.165) is 5.56 Å². The van der Waals surface area contributed by atoms with E-state index in [1.165, 1.54) is 6.07 Å². The molecule has 1 aliphatic rings. The number of aryl methyl sites for hydroxylation is 2. The first kappa shape index (κ1) is 15.3. The van der Waals surface area contributed by atoms with E-state index < -0.39 is 26.0 Å². The van der Waals surface area contributed by atoms with Gasteiger partial charge in [0.05, 0.1) is 11.5 Å². The zero-order valence-electron chi connectivity index (χ0n) is 11.3. The molecule has 2 rings (SSSR count). The van der Waals surface area contributed by atoms with Crippen molar-refractivity contribution in [1.82, 2.24) is 0 Å². The Balaban J connectivity index is 2.42. The van der Waals surface area contributed by atoms with Crippen molar-refractivity contribution in [3.05, 3.63) is 23.3 Å². The molecule has 112 valence electrons. The van der Waals surface area contributed by atoms with Gasteiger partial charge in [-0.05, 0) is 37.5 Å². The molecule has 1 aromatic carbocycles.